The lowest BCUT2D eigenvalue weighted by atomic mass is 9.74. The second-order valence-corrected chi connectivity index (χ2v) is 8.26. The van der Waals surface area contributed by atoms with Crippen molar-refractivity contribution in [3.05, 3.63) is 70.3 Å². The van der Waals surface area contributed by atoms with Crippen molar-refractivity contribution >= 4 is 10.9 Å². The molecule has 0 aliphatic heterocycles. The molecule has 1 aromatic heterocycles. The molecule has 0 radical (unpaired) electrons. The molecule has 3 N–H and O–H groups in total. The molecule has 5 nitrogen and oxygen atoms in total. The Kier molecular flexibility index (Phi) is 5.52. The number of pyridine rings is 1. The van der Waals surface area contributed by atoms with E-state index in [1.54, 1.807) is 0 Å². The van der Waals surface area contributed by atoms with Crippen LogP contribution < -0.4 is 5.43 Å². The summed E-state index contributed by atoms with van der Waals surface area (Å²) in [6, 6.07) is 7.67. The molecule has 0 fully saturated rings. The highest BCUT2D eigenvalue weighted by atomic mass is 19.4. The summed E-state index contributed by atoms with van der Waals surface area (Å²) in [5, 5.41) is 30.7. The van der Waals surface area contributed by atoms with Gasteiger partial charge in [0.05, 0.1) is 12.1 Å². The largest absolute Gasteiger partial charge is 0.508 e. The van der Waals surface area contributed by atoms with Crippen LogP contribution in [0.15, 0.2) is 53.5 Å². The van der Waals surface area contributed by atoms with Gasteiger partial charge in [0, 0.05) is 29.3 Å². The monoisotopic (exact) mass is 439 g/mol. The standard InChI is InChI=1S/C22H21F4NO4/c1-20(2,16-9-13(23)3-6-19(16)30)11-21(31,22(24,25)26)12-27-8-7-18(29)15-5-4-14(28)10-17(15)27/h3-10,28,30-31H,11-12H2,1-2H3. The van der Waals surface area contributed by atoms with E-state index in [-0.39, 0.29) is 22.2 Å². The number of phenols is 2. The topological polar surface area (TPSA) is 82.7 Å². The number of aromatic hydroxyl groups is 2. The normalized spacial score (nSPS) is 14.5. The second kappa shape index (κ2) is 7.56. The van der Waals surface area contributed by atoms with Gasteiger partial charge in [-0.3, -0.25) is 4.79 Å². The molecule has 1 heterocycles. The molecule has 166 valence electrons. The zero-order valence-electron chi connectivity index (χ0n) is 16.7. The number of rotatable bonds is 5. The molecule has 1 atom stereocenters. The molecule has 0 bridgehead atoms. The first-order chi connectivity index (χ1) is 14.2. The van der Waals surface area contributed by atoms with Gasteiger partial charge in [0.25, 0.3) is 0 Å². The number of fused-ring (bicyclic) bond motifs is 1. The van der Waals surface area contributed by atoms with Gasteiger partial charge < -0.3 is 19.9 Å². The number of alkyl halides is 3. The SMILES string of the molecule is CC(C)(CC(O)(Cn1ccc(=O)c2ccc(O)cc21)C(F)(F)F)c1cc(F)ccc1O. The van der Waals surface area contributed by atoms with Crippen molar-refractivity contribution in [3.8, 4) is 11.5 Å². The number of aromatic nitrogens is 1. The van der Waals surface area contributed by atoms with Crippen LogP contribution in [-0.4, -0.2) is 31.7 Å². The zero-order chi connectivity index (χ0) is 23.2. The fourth-order valence-electron chi connectivity index (χ4n) is 3.84. The van der Waals surface area contributed by atoms with Crippen LogP contribution >= 0.6 is 0 Å². The summed E-state index contributed by atoms with van der Waals surface area (Å²) in [4.78, 5) is 12.0. The zero-order valence-corrected chi connectivity index (χ0v) is 16.7. The predicted octanol–water partition coefficient (Wildman–Crippen LogP) is 4.21. The Morgan fingerprint density at radius 2 is 1.68 bits per heavy atom. The van der Waals surface area contributed by atoms with E-state index in [4.69, 9.17) is 0 Å². The summed E-state index contributed by atoms with van der Waals surface area (Å²) in [7, 11) is 0. The molecule has 0 saturated heterocycles. The van der Waals surface area contributed by atoms with Crippen molar-refractivity contribution in [1.82, 2.24) is 4.57 Å². The van der Waals surface area contributed by atoms with Crippen LogP contribution in [0.5, 0.6) is 11.5 Å². The molecule has 3 aromatic rings. The summed E-state index contributed by atoms with van der Waals surface area (Å²) >= 11 is 0. The Morgan fingerprint density at radius 1 is 1.00 bits per heavy atom. The van der Waals surface area contributed by atoms with Gasteiger partial charge in [-0.15, -0.1) is 0 Å². The first-order valence-corrected chi connectivity index (χ1v) is 9.34. The van der Waals surface area contributed by atoms with Gasteiger partial charge in [-0.1, -0.05) is 13.8 Å². The van der Waals surface area contributed by atoms with E-state index in [2.05, 4.69) is 0 Å². The fraction of sp³-hybridized carbons (Fsp3) is 0.318. The van der Waals surface area contributed by atoms with E-state index in [1.165, 1.54) is 26.0 Å². The van der Waals surface area contributed by atoms with Gasteiger partial charge in [0.1, 0.15) is 17.3 Å². The van der Waals surface area contributed by atoms with E-state index in [0.29, 0.717) is 0 Å². The van der Waals surface area contributed by atoms with Crippen molar-refractivity contribution in [2.45, 2.75) is 44.0 Å². The summed E-state index contributed by atoms with van der Waals surface area (Å²) in [6.45, 7) is 1.72. The first-order valence-electron chi connectivity index (χ1n) is 9.34. The van der Waals surface area contributed by atoms with Gasteiger partial charge in [0.2, 0.25) is 0 Å². The highest BCUT2D eigenvalue weighted by molar-refractivity contribution is 5.80. The first kappa shape index (κ1) is 22.6. The van der Waals surface area contributed by atoms with Crippen molar-refractivity contribution in [2.24, 2.45) is 0 Å². The molecule has 3 rings (SSSR count). The number of aliphatic hydroxyl groups is 1. The summed E-state index contributed by atoms with van der Waals surface area (Å²) in [5.74, 6) is -1.39. The van der Waals surface area contributed by atoms with Gasteiger partial charge in [-0.05, 0) is 42.2 Å². The molecule has 31 heavy (non-hydrogen) atoms. The third kappa shape index (κ3) is 4.36. The summed E-state index contributed by atoms with van der Waals surface area (Å²) in [5.41, 5.74) is -5.30. The van der Waals surface area contributed by atoms with Gasteiger partial charge in [-0.25, -0.2) is 4.39 Å². The Balaban J connectivity index is 2.10. The quantitative estimate of drug-likeness (QED) is 0.520. The van der Waals surface area contributed by atoms with Gasteiger partial charge >= 0.3 is 6.18 Å². The van der Waals surface area contributed by atoms with Crippen molar-refractivity contribution in [2.75, 3.05) is 0 Å². The Hall–Kier alpha value is -3.07. The van der Waals surface area contributed by atoms with Crippen LogP contribution in [0.25, 0.3) is 10.9 Å². The summed E-state index contributed by atoms with van der Waals surface area (Å²) < 4.78 is 56.9. The minimum atomic E-state index is -5.10. The van der Waals surface area contributed by atoms with Gasteiger partial charge in [0.15, 0.2) is 11.0 Å². The van der Waals surface area contributed by atoms with E-state index < -0.39 is 47.2 Å². The average molecular weight is 439 g/mol. The molecule has 1 unspecified atom stereocenters. The number of phenolic OH excluding ortho intramolecular Hbond substituents is 2. The van der Waals surface area contributed by atoms with Crippen molar-refractivity contribution in [3.63, 3.8) is 0 Å². The molecule has 0 amide bonds. The third-order valence-electron chi connectivity index (χ3n) is 5.34. The number of hydrogen-bond donors (Lipinski definition) is 3. The van der Waals surface area contributed by atoms with Crippen LogP contribution in [0.1, 0.15) is 25.8 Å². The molecular weight excluding hydrogens is 418 g/mol. The lowest BCUT2D eigenvalue weighted by Crippen LogP contribution is -2.52. The lowest BCUT2D eigenvalue weighted by molar-refractivity contribution is -0.271. The number of halogens is 4. The van der Waals surface area contributed by atoms with Gasteiger partial charge in [-0.2, -0.15) is 13.2 Å². The van der Waals surface area contributed by atoms with Crippen LogP contribution in [-0.2, 0) is 12.0 Å². The second-order valence-electron chi connectivity index (χ2n) is 8.26. The van der Waals surface area contributed by atoms with Crippen LogP contribution in [0.4, 0.5) is 17.6 Å². The van der Waals surface area contributed by atoms with E-state index in [0.717, 1.165) is 41.1 Å². The van der Waals surface area contributed by atoms with E-state index >= 15 is 0 Å². The highest BCUT2D eigenvalue weighted by Gasteiger charge is 2.56. The molecule has 0 spiro atoms. The van der Waals surface area contributed by atoms with Crippen molar-refractivity contribution < 1.29 is 32.9 Å². The Morgan fingerprint density at radius 3 is 2.32 bits per heavy atom. The maximum atomic E-state index is 14.1. The maximum Gasteiger partial charge on any atom is 0.418 e. The Labute approximate surface area is 174 Å². The maximum absolute atomic E-state index is 14.1. The minimum absolute atomic E-state index is 0.0154. The fourth-order valence-corrected chi connectivity index (χ4v) is 3.84. The molecule has 9 heteroatoms. The minimum Gasteiger partial charge on any atom is -0.508 e. The number of benzene rings is 2. The van der Waals surface area contributed by atoms with E-state index in [1.807, 2.05) is 0 Å². The van der Waals surface area contributed by atoms with Crippen LogP contribution in [0, 0.1) is 5.82 Å². The van der Waals surface area contributed by atoms with Crippen LogP contribution in [0.3, 0.4) is 0 Å². The van der Waals surface area contributed by atoms with E-state index in [9.17, 15) is 37.7 Å². The summed E-state index contributed by atoms with van der Waals surface area (Å²) in [6.07, 6.45) is -4.90. The van der Waals surface area contributed by atoms with Crippen molar-refractivity contribution in [1.29, 1.82) is 0 Å². The highest BCUT2D eigenvalue weighted by Crippen LogP contribution is 2.44. The molecule has 0 aliphatic rings. The molecule has 0 saturated carbocycles. The molecular formula is C22H21F4NO4. The lowest BCUT2D eigenvalue weighted by Gasteiger charge is -2.38. The average Bonchev–Trinajstić information content (AvgIpc) is 2.64. The predicted molar refractivity (Wildman–Crippen MR) is 107 cm³/mol. The van der Waals surface area contributed by atoms with Crippen LogP contribution in [0.2, 0.25) is 0 Å². The molecule has 2 aromatic carbocycles. The number of nitrogens with zero attached hydrogens (tertiary/aromatic N) is 1. The molecule has 0 aliphatic carbocycles. The Bertz CT molecular complexity index is 1190. The number of hydrogen-bond acceptors (Lipinski definition) is 4. The third-order valence-corrected chi connectivity index (χ3v) is 5.34. The smallest absolute Gasteiger partial charge is 0.418 e.